The molecule has 2 heterocycles. The van der Waals surface area contributed by atoms with Crippen molar-refractivity contribution in [1.82, 2.24) is 9.97 Å². The molecule has 0 bridgehead atoms. The first-order valence-corrected chi connectivity index (χ1v) is 9.41. The number of aliphatic hydroxyl groups is 1. The molecule has 2 N–H and O–H groups in total. The molecule has 2 aromatic heterocycles. The molecule has 0 spiro atoms. The van der Waals surface area contributed by atoms with E-state index in [1.54, 1.807) is 17.5 Å². The zero-order chi connectivity index (χ0) is 16.8. The molecule has 0 aliphatic carbocycles. The highest BCUT2D eigenvalue weighted by Crippen LogP contribution is 2.30. The minimum atomic E-state index is 0.247. The Morgan fingerprint density at radius 1 is 1.12 bits per heavy atom. The van der Waals surface area contributed by atoms with Gasteiger partial charge in [0.15, 0.2) is 0 Å². The van der Waals surface area contributed by atoms with Crippen molar-refractivity contribution in [3.05, 3.63) is 58.0 Å². The van der Waals surface area contributed by atoms with E-state index < -0.39 is 0 Å². The summed E-state index contributed by atoms with van der Waals surface area (Å²) in [7, 11) is 0. The van der Waals surface area contributed by atoms with Crippen molar-refractivity contribution in [3.63, 3.8) is 0 Å². The molecular weight excluding hydrogens is 386 g/mol. The number of anilines is 2. The van der Waals surface area contributed by atoms with Gasteiger partial charge in [0.05, 0.1) is 14.4 Å². The maximum atomic E-state index is 8.88. The van der Waals surface area contributed by atoms with Crippen molar-refractivity contribution in [2.45, 2.75) is 19.3 Å². The van der Waals surface area contributed by atoms with Crippen molar-refractivity contribution in [3.8, 4) is 10.6 Å². The van der Waals surface area contributed by atoms with E-state index in [0.717, 1.165) is 39.3 Å². The fourth-order valence-corrected chi connectivity index (χ4v) is 3.74. The van der Waals surface area contributed by atoms with Crippen LogP contribution in [0.2, 0.25) is 0 Å². The Balaban J connectivity index is 1.73. The lowest BCUT2D eigenvalue weighted by molar-refractivity contribution is 0.284. The van der Waals surface area contributed by atoms with E-state index in [2.05, 4.69) is 43.3 Å². The first kappa shape index (κ1) is 17.1. The van der Waals surface area contributed by atoms with Gasteiger partial charge in [-0.2, -0.15) is 0 Å². The Hall–Kier alpha value is -1.76. The summed E-state index contributed by atoms with van der Waals surface area (Å²) in [6, 6.07) is 14.2. The molecule has 0 atom stereocenters. The van der Waals surface area contributed by atoms with Crippen LogP contribution in [-0.4, -0.2) is 21.7 Å². The van der Waals surface area contributed by atoms with Gasteiger partial charge in [-0.3, -0.25) is 0 Å². The highest BCUT2D eigenvalue weighted by Gasteiger charge is 2.06. The molecule has 0 fully saturated rings. The van der Waals surface area contributed by atoms with Gasteiger partial charge < -0.3 is 10.4 Å². The number of hydrogen-bond acceptors (Lipinski definition) is 5. The number of thiophene rings is 1. The normalized spacial score (nSPS) is 10.8. The first-order valence-electron chi connectivity index (χ1n) is 7.80. The number of hydrogen-bond donors (Lipinski definition) is 2. The summed E-state index contributed by atoms with van der Waals surface area (Å²) in [5, 5.41) is 12.2. The second kappa shape index (κ2) is 8.37. The van der Waals surface area contributed by atoms with Crippen LogP contribution in [0.25, 0.3) is 10.6 Å². The molecule has 6 heteroatoms. The Morgan fingerprint density at radius 3 is 2.83 bits per heavy atom. The number of nitrogens with one attached hydrogen (secondary N) is 1. The van der Waals surface area contributed by atoms with Crippen LogP contribution in [0.4, 0.5) is 11.6 Å². The second-order valence-corrected chi connectivity index (χ2v) is 7.84. The number of unbranched alkanes of at least 4 members (excludes halogenated alkanes) is 1. The smallest absolute Gasteiger partial charge is 0.227 e. The van der Waals surface area contributed by atoms with Gasteiger partial charge in [-0.05, 0) is 71.1 Å². The van der Waals surface area contributed by atoms with Gasteiger partial charge in [0.25, 0.3) is 0 Å². The molecule has 1 aromatic carbocycles. The Bertz CT molecular complexity index is 806. The monoisotopic (exact) mass is 403 g/mol. The van der Waals surface area contributed by atoms with Crippen LogP contribution in [0.15, 0.2) is 52.4 Å². The summed E-state index contributed by atoms with van der Waals surface area (Å²) in [5.41, 5.74) is 3.12. The molecule has 24 heavy (non-hydrogen) atoms. The first-order chi connectivity index (χ1) is 11.7. The van der Waals surface area contributed by atoms with Crippen LogP contribution in [0.3, 0.4) is 0 Å². The predicted octanol–water partition coefficient (Wildman–Crippen LogP) is 5.03. The van der Waals surface area contributed by atoms with Gasteiger partial charge in [-0.25, -0.2) is 9.97 Å². The lowest BCUT2D eigenvalue weighted by Gasteiger charge is -2.08. The van der Waals surface area contributed by atoms with Crippen LogP contribution in [0.1, 0.15) is 18.4 Å². The number of aliphatic hydroxyl groups excluding tert-OH is 1. The van der Waals surface area contributed by atoms with Crippen molar-refractivity contribution >= 4 is 38.9 Å². The second-order valence-electron chi connectivity index (χ2n) is 5.38. The lowest BCUT2D eigenvalue weighted by Crippen LogP contribution is -1.98. The minimum Gasteiger partial charge on any atom is -0.396 e. The maximum Gasteiger partial charge on any atom is 0.227 e. The number of halogens is 1. The summed E-state index contributed by atoms with van der Waals surface area (Å²) in [6.45, 7) is 0.247. The topological polar surface area (TPSA) is 58.0 Å². The van der Waals surface area contributed by atoms with E-state index in [0.29, 0.717) is 5.95 Å². The molecule has 0 aliphatic rings. The van der Waals surface area contributed by atoms with Crippen molar-refractivity contribution in [1.29, 1.82) is 0 Å². The summed E-state index contributed by atoms with van der Waals surface area (Å²) >= 11 is 5.13. The number of rotatable bonds is 7. The van der Waals surface area contributed by atoms with E-state index in [4.69, 9.17) is 5.11 Å². The van der Waals surface area contributed by atoms with Gasteiger partial charge in [0.2, 0.25) is 5.95 Å². The molecule has 0 amide bonds. The molecule has 0 unspecified atom stereocenters. The van der Waals surface area contributed by atoms with Crippen LogP contribution in [0, 0.1) is 0 Å². The minimum absolute atomic E-state index is 0.247. The van der Waals surface area contributed by atoms with Crippen LogP contribution >= 0.6 is 27.3 Å². The highest BCUT2D eigenvalue weighted by molar-refractivity contribution is 9.11. The van der Waals surface area contributed by atoms with Gasteiger partial charge in [0, 0.05) is 18.5 Å². The molecule has 3 aromatic rings. The summed E-state index contributed by atoms with van der Waals surface area (Å²) in [5.74, 6) is 0.588. The Morgan fingerprint density at radius 2 is 2.04 bits per heavy atom. The summed E-state index contributed by atoms with van der Waals surface area (Å²) in [4.78, 5) is 10.0. The molecule has 0 saturated heterocycles. The van der Waals surface area contributed by atoms with E-state index in [9.17, 15) is 0 Å². The number of aryl methyl sites for hydroxylation is 1. The third-order valence-corrected chi connectivity index (χ3v) is 5.18. The van der Waals surface area contributed by atoms with Gasteiger partial charge >= 0.3 is 0 Å². The van der Waals surface area contributed by atoms with Gasteiger partial charge in [-0.1, -0.05) is 12.1 Å². The van der Waals surface area contributed by atoms with E-state index in [1.165, 1.54) is 5.56 Å². The zero-order valence-electron chi connectivity index (χ0n) is 13.1. The van der Waals surface area contributed by atoms with Crippen molar-refractivity contribution in [2.24, 2.45) is 0 Å². The maximum absolute atomic E-state index is 8.88. The summed E-state index contributed by atoms with van der Waals surface area (Å²) in [6.07, 6.45) is 4.54. The van der Waals surface area contributed by atoms with E-state index >= 15 is 0 Å². The van der Waals surface area contributed by atoms with E-state index in [1.807, 2.05) is 30.3 Å². The van der Waals surface area contributed by atoms with Crippen LogP contribution in [0.5, 0.6) is 0 Å². The third kappa shape index (κ3) is 4.63. The third-order valence-electron chi connectivity index (χ3n) is 3.54. The van der Waals surface area contributed by atoms with Crippen molar-refractivity contribution < 1.29 is 5.11 Å². The number of nitrogens with zero attached hydrogens (tertiary/aromatic N) is 2. The largest absolute Gasteiger partial charge is 0.396 e. The standard InChI is InChI=1S/C18H18BrN3OS/c19-17-8-7-16(24-17)15-9-10-20-18(22-15)21-14-6-3-5-13(12-14)4-1-2-11-23/h3,5-10,12,23H,1-2,4,11H2,(H,20,21,22). The molecule has 124 valence electrons. The fourth-order valence-electron chi connectivity index (χ4n) is 2.38. The molecule has 0 aliphatic heterocycles. The lowest BCUT2D eigenvalue weighted by atomic mass is 10.1. The zero-order valence-corrected chi connectivity index (χ0v) is 15.5. The van der Waals surface area contributed by atoms with Crippen LogP contribution < -0.4 is 5.32 Å². The van der Waals surface area contributed by atoms with E-state index in [-0.39, 0.29) is 6.61 Å². The number of benzene rings is 1. The molecular formula is C18H18BrN3OS. The number of aromatic nitrogens is 2. The SMILES string of the molecule is OCCCCc1cccc(Nc2nccc(-c3ccc(Br)s3)n2)c1. The Labute approximate surface area is 153 Å². The highest BCUT2D eigenvalue weighted by atomic mass is 79.9. The Kier molecular flexibility index (Phi) is 5.96. The molecule has 3 rings (SSSR count). The predicted molar refractivity (Wildman–Crippen MR) is 103 cm³/mol. The molecule has 0 saturated carbocycles. The van der Waals surface area contributed by atoms with Crippen LogP contribution in [-0.2, 0) is 6.42 Å². The fraction of sp³-hybridized carbons (Fsp3) is 0.222. The van der Waals surface area contributed by atoms with Gasteiger partial charge in [-0.15, -0.1) is 11.3 Å². The van der Waals surface area contributed by atoms with Crippen molar-refractivity contribution in [2.75, 3.05) is 11.9 Å². The average Bonchev–Trinajstić information content (AvgIpc) is 3.02. The summed E-state index contributed by atoms with van der Waals surface area (Å²) < 4.78 is 1.08. The average molecular weight is 404 g/mol. The van der Waals surface area contributed by atoms with Gasteiger partial charge in [0.1, 0.15) is 0 Å². The quantitative estimate of drug-likeness (QED) is 0.543. The molecule has 0 radical (unpaired) electrons. The molecule has 4 nitrogen and oxygen atoms in total.